The lowest BCUT2D eigenvalue weighted by Gasteiger charge is -2.38. The van der Waals surface area contributed by atoms with Gasteiger partial charge in [-0.3, -0.25) is 4.90 Å². The van der Waals surface area contributed by atoms with Crippen LogP contribution in [0, 0.1) is 5.82 Å². The van der Waals surface area contributed by atoms with Crippen LogP contribution in [-0.2, 0) is 11.2 Å². The average Bonchev–Trinajstić information content (AvgIpc) is 2.73. The molecule has 0 aliphatic carbocycles. The Hall–Kier alpha value is -1.88. The Morgan fingerprint density at radius 1 is 1.27 bits per heavy atom. The van der Waals surface area contributed by atoms with E-state index in [2.05, 4.69) is 11.5 Å². The molecule has 2 saturated heterocycles. The number of benzene rings is 1. The number of carbonyl (C=O) groups excluding carboxylic acids is 1. The van der Waals surface area contributed by atoms with E-state index in [1.807, 2.05) is 12.1 Å². The number of rotatable bonds is 3. The first kappa shape index (κ1) is 15.0. The fraction of sp³-hybridized carbons (Fsp3) is 0.471. The molecule has 3 rings (SSSR count). The molecule has 0 bridgehead atoms. The lowest BCUT2D eigenvalue weighted by Crippen LogP contribution is -2.45. The van der Waals surface area contributed by atoms with Crippen LogP contribution >= 0.6 is 0 Å². The van der Waals surface area contributed by atoms with Crippen molar-refractivity contribution in [1.82, 2.24) is 9.80 Å². The van der Waals surface area contributed by atoms with Crippen molar-refractivity contribution in [1.29, 1.82) is 0 Å². The molecule has 118 valence electrons. The lowest BCUT2D eigenvalue weighted by molar-refractivity contribution is 0.0151. The fourth-order valence-electron chi connectivity index (χ4n) is 3.18. The van der Waals surface area contributed by atoms with Crippen LogP contribution in [0.15, 0.2) is 36.5 Å². The fourth-order valence-corrected chi connectivity index (χ4v) is 3.18. The van der Waals surface area contributed by atoms with Gasteiger partial charge in [-0.25, -0.2) is 9.18 Å². The Balaban J connectivity index is 1.53. The molecule has 0 aromatic heterocycles. The van der Waals surface area contributed by atoms with Crippen LogP contribution in [0.1, 0.15) is 18.4 Å². The quantitative estimate of drug-likeness (QED) is 0.861. The summed E-state index contributed by atoms with van der Waals surface area (Å²) in [5.41, 5.74) is 1.41. The average molecular weight is 304 g/mol. The maximum atomic E-state index is 12.9. The summed E-state index contributed by atoms with van der Waals surface area (Å²) in [5, 5.41) is 0. The molecule has 1 amide bonds. The Labute approximate surface area is 130 Å². The highest BCUT2D eigenvalue weighted by Gasteiger charge is 2.48. The summed E-state index contributed by atoms with van der Waals surface area (Å²) in [6.07, 6.45) is 2.16. The van der Waals surface area contributed by atoms with E-state index in [0.717, 1.165) is 50.2 Å². The van der Waals surface area contributed by atoms with Crippen molar-refractivity contribution in [3.05, 3.63) is 47.9 Å². The Morgan fingerprint density at radius 2 is 1.91 bits per heavy atom. The summed E-state index contributed by atoms with van der Waals surface area (Å²) >= 11 is 0. The first-order valence-corrected chi connectivity index (χ1v) is 7.63. The second-order valence-electron chi connectivity index (χ2n) is 6.09. The van der Waals surface area contributed by atoms with Crippen molar-refractivity contribution < 1.29 is 13.9 Å². The molecule has 0 radical (unpaired) electrons. The molecule has 0 N–H and O–H groups in total. The van der Waals surface area contributed by atoms with Gasteiger partial charge in [-0.1, -0.05) is 18.7 Å². The van der Waals surface area contributed by atoms with Crippen molar-refractivity contribution >= 4 is 6.09 Å². The van der Waals surface area contributed by atoms with Gasteiger partial charge in [-0.15, -0.1) is 0 Å². The van der Waals surface area contributed by atoms with Crippen molar-refractivity contribution in [2.75, 3.05) is 26.7 Å². The first-order chi connectivity index (χ1) is 10.5. The number of piperidine rings is 1. The monoisotopic (exact) mass is 304 g/mol. The second-order valence-corrected chi connectivity index (χ2v) is 6.09. The molecule has 4 nitrogen and oxygen atoms in total. The van der Waals surface area contributed by atoms with Crippen molar-refractivity contribution in [3.63, 3.8) is 0 Å². The van der Waals surface area contributed by atoms with Gasteiger partial charge in [0.05, 0.1) is 5.70 Å². The van der Waals surface area contributed by atoms with Gasteiger partial charge in [-0.05, 0) is 24.1 Å². The minimum absolute atomic E-state index is 0.200. The number of carbonyl (C=O) groups is 1. The molecule has 2 aliphatic heterocycles. The zero-order valence-electron chi connectivity index (χ0n) is 12.8. The first-order valence-electron chi connectivity index (χ1n) is 7.63. The topological polar surface area (TPSA) is 32.8 Å². The van der Waals surface area contributed by atoms with Crippen molar-refractivity contribution in [3.8, 4) is 0 Å². The van der Waals surface area contributed by atoms with E-state index in [9.17, 15) is 9.18 Å². The number of ether oxygens (including phenoxy) is 1. The smallest absolute Gasteiger partial charge is 0.414 e. The molecule has 2 aliphatic rings. The molecular weight excluding hydrogens is 283 g/mol. The summed E-state index contributed by atoms with van der Waals surface area (Å²) in [6, 6.07) is 6.66. The van der Waals surface area contributed by atoms with Gasteiger partial charge in [0.1, 0.15) is 5.82 Å². The van der Waals surface area contributed by atoms with E-state index in [1.54, 1.807) is 7.05 Å². The molecule has 0 atom stereocenters. The molecule has 5 heteroatoms. The minimum Gasteiger partial charge on any atom is -0.436 e. The predicted octanol–water partition coefficient (Wildman–Crippen LogP) is 2.80. The molecule has 1 aromatic rings. The summed E-state index contributed by atoms with van der Waals surface area (Å²) in [5.74, 6) is -0.200. The van der Waals surface area contributed by atoms with Gasteiger partial charge in [-0.2, -0.15) is 0 Å². The van der Waals surface area contributed by atoms with Crippen LogP contribution in [0.4, 0.5) is 9.18 Å². The van der Waals surface area contributed by atoms with Crippen molar-refractivity contribution in [2.24, 2.45) is 0 Å². The highest BCUT2D eigenvalue weighted by molar-refractivity contribution is 5.74. The summed E-state index contributed by atoms with van der Waals surface area (Å²) < 4.78 is 18.4. The highest BCUT2D eigenvalue weighted by Crippen LogP contribution is 2.39. The van der Waals surface area contributed by atoms with Crippen LogP contribution in [0.25, 0.3) is 0 Å². The van der Waals surface area contributed by atoms with Gasteiger partial charge in [0.25, 0.3) is 0 Å². The van der Waals surface area contributed by atoms with Crippen LogP contribution in [0.2, 0.25) is 0 Å². The number of amides is 1. The normalized spacial score (nSPS) is 21.5. The van der Waals surface area contributed by atoms with Gasteiger partial charge in [0.2, 0.25) is 0 Å². The molecule has 0 saturated carbocycles. The van der Waals surface area contributed by atoms with E-state index in [0.29, 0.717) is 0 Å². The van der Waals surface area contributed by atoms with Gasteiger partial charge >= 0.3 is 6.09 Å². The zero-order valence-corrected chi connectivity index (χ0v) is 12.8. The molecule has 22 heavy (non-hydrogen) atoms. The number of hydrogen-bond donors (Lipinski definition) is 0. The van der Waals surface area contributed by atoms with Crippen LogP contribution in [0.3, 0.4) is 0 Å². The highest BCUT2D eigenvalue weighted by atomic mass is 19.1. The number of halogens is 1. The molecule has 2 heterocycles. The summed E-state index contributed by atoms with van der Waals surface area (Å²) in [4.78, 5) is 15.5. The minimum atomic E-state index is -0.502. The SMILES string of the molecule is C=C1N(C)C(=O)OC12CCN(CCc1ccc(F)cc1)CC2. The van der Waals surface area contributed by atoms with E-state index >= 15 is 0 Å². The summed E-state index contributed by atoms with van der Waals surface area (Å²) in [7, 11) is 1.71. The van der Waals surface area contributed by atoms with Gasteiger partial charge in [0.15, 0.2) is 5.60 Å². The third-order valence-corrected chi connectivity index (χ3v) is 4.78. The van der Waals surface area contributed by atoms with E-state index in [4.69, 9.17) is 4.74 Å². The summed E-state index contributed by atoms with van der Waals surface area (Å²) in [6.45, 7) is 6.70. The molecule has 2 fully saturated rings. The maximum absolute atomic E-state index is 12.9. The van der Waals surface area contributed by atoms with Crippen molar-refractivity contribution in [2.45, 2.75) is 24.9 Å². The van der Waals surface area contributed by atoms with E-state index in [-0.39, 0.29) is 11.9 Å². The van der Waals surface area contributed by atoms with E-state index < -0.39 is 5.60 Å². The Kier molecular flexibility index (Phi) is 3.91. The number of hydrogen-bond acceptors (Lipinski definition) is 3. The lowest BCUT2D eigenvalue weighted by atomic mass is 9.88. The largest absolute Gasteiger partial charge is 0.436 e. The zero-order chi connectivity index (χ0) is 15.7. The Bertz CT molecular complexity index is 577. The molecule has 1 spiro atoms. The van der Waals surface area contributed by atoms with Crippen LogP contribution < -0.4 is 0 Å². The standard InChI is InChI=1S/C17H21FN2O2/c1-13-17(22-16(21)19(13)2)8-11-20(12-9-17)10-7-14-3-5-15(18)6-4-14/h3-6H,1,7-12H2,2H3. The van der Waals surface area contributed by atoms with Gasteiger partial charge < -0.3 is 9.64 Å². The number of likely N-dealkylation sites (tertiary alicyclic amines) is 1. The van der Waals surface area contributed by atoms with Crippen LogP contribution in [-0.4, -0.2) is 48.2 Å². The van der Waals surface area contributed by atoms with Gasteiger partial charge in [0, 0.05) is 39.5 Å². The molecular formula is C17H21FN2O2. The van der Waals surface area contributed by atoms with E-state index in [1.165, 1.54) is 17.0 Å². The Morgan fingerprint density at radius 3 is 2.45 bits per heavy atom. The second kappa shape index (κ2) is 5.72. The maximum Gasteiger partial charge on any atom is 0.414 e. The number of nitrogens with zero attached hydrogens (tertiary/aromatic N) is 2. The third kappa shape index (κ3) is 2.73. The van der Waals surface area contributed by atoms with Crippen LogP contribution in [0.5, 0.6) is 0 Å². The predicted molar refractivity (Wildman–Crippen MR) is 81.9 cm³/mol. The molecule has 0 unspecified atom stereocenters. The molecule has 1 aromatic carbocycles. The third-order valence-electron chi connectivity index (χ3n) is 4.78. The number of likely N-dealkylation sites (N-methyl/N-ethyl adjacent to an activating group) is 1.